The van der Waals surface area contributed by atoms with Crippen molar-refractivity contribution in [1.29, 1.82) is 0 Å². The van der Waals surface area contributed by atoms with Gasteiger partial charge in [-0.3, -0.25) is 15.0 Å². The van der Waals surface area contributed by atoms with Crippen LogP contribution in [0.1, 0.15) is 36.5 Å². The summed E-state index contributed by atoms with van der Waals surface area (Å²) in [5, 5.41) is 2.74. The second-order valence-corrected chi connectivity index (χ2v) is 3.71. The van der Waals surface area contributed by atoms with Gasteiger partial charge in [0.25, 0.3) is 5.91 Å². The summed E-state index contributed by atoms with van der Waals surface area (Å²) in [6.45, 7) is 2.03. The second-order valence-electron chi connectivity index (χ2n) is 3.71. The molecule has 0 heterocycles. The van der Waals surface area contributed by atoms with E-state index in [1.54, 1.807) is 24.3 Å². The van der Waals surface area contributed by atoms with Crippen LogP contribution in [0.3, 0.4) is 0 Å². The number of rotatable bonds is 5. The summed E-state index contributed by atoms with van der Waals surface area (Å²) >= 11 is 0. The highest BCUT2D eigenvalue weighted by atomic mass is 16.2. The number of nitrogen functional groups attached to an aromatic ring is 1. The molecule has 17 heavy (non-hydrogen) atoms. The zero-order chi connectivity index (χ0) is 12.7. The SMILES string of the molecule is CCCCC(=O)Nc1cccc(C(=O)NN)c1. The fraction of sp³-hybridized carbons (Fsp3) is 0.333. The third kappa shape index (κ3) is 4.24. The van der Waals surface area contributed by atoms with Gasteiger partial charge in [-0.15, -0.1) is 0 Å². The van der Waals surface area contributed by atoms with Crippen LogP contribution < -0.4 is 16.6 Å². The van der Waals surface area contributed by atoms with Crippen LogP contribution in [0.25, 0.3) is 0 Å². The van der Waals surface area contributed by atoms with Gasteiger partial charge in [-0.05, 0) is 24.6 Å². The molecule has 0 aromatic heterocycles. The first-order chi connectivity index (χ1) is 8.17. The average molecular weight is 235 g/mol. The first kappa shape index (κ1) is 13.2. The minimum atomic E-state index is -0.380. The van der Waals surface area contributed by atoms with Crippen LogP contribution >= 0.6 is 0 Å². The second kappa shape index (κ2) is 6.65. The molecule has 0 fully saturated rings. The summed E-state index contributed by atoms with van der Waals surface area (Å²) in [4.78, 5) is 22.8. The maximum atomic E-state index is 11.5. The number of hydrogen-bond donors (Lipinski definition) is 3. The molecule has 5 heteroatoms. The number of anilines is 1. The first-order valence-electron chi connectivity index (χ1n) is 5.58. The quantitative estimate of drug-likeness (QED) is 0.410. The zero-order valence-electron chi connectivity index (χ0n) is 9.82. The van der Waals surface area contributed by atoms with Gasteiger partial charge < -0.3 is 5.32 Å². The minimum absolute atomic E-state index is 0.0443. The number of nitrogens with one attached hydrogen (secondary N) is 2. The van der Waals surface area contributed by atoms with Gasteiger partial charge in [-0.25, -0.2) is 5.84 Å². The summed E-state index contributed by atoms with van der Waals surface area (Å²) in [6, 6.07) is 6.65. The van der Waals surface area contributed by atoms with Gasteiger partial charge in [0, 0.05) is 17.7 Å². The maximum absolute atomic E-state index is 11.5. The van der Waals surface area contributed by atoms with Crippen molar-refractivity contribution in [3.63, 3.8) is 0 Å². The van der Waals surface area contributed by atoms with Crippen LogP contribution in [-0.2, 0) is 4.79 Å². The third-order valence-electron chi connectivity index (χ3n) is 2.30. The van der Waals surface area contributed by atoms with Crippen molar-refractivity contribution >= 4 is 17.5 Å². The molecule has 2 amide bonds. The molecule has 0 spiro atoms. The van der Waals surface area contributed by atoms with Crippen molar-refractivity contribution in [2.75, 3.05) is 5.32 Å². The molecule has 0 unspecified atom stereocenters. The lowest BCUT2D eigenvalue weighted by atomic mass is 10.2. The molecule has 0 saturated heterocycles. The van der Waals surface area contributed by atoms with E-state index in [1.165, 1.54) is 0 Å². The van der Waals surface area contributed by atoms with E-state index in [0.717, 1.165) is 12.8 Å². The van der Waals surface area contributed by atoms with Crippen LogP contribution in [0, 0.1) is 0 Å². The van der Waals surface area contributed by atoms with Gasteiger partial charge in [0.2, 0.25) is 5.91 Å². The molecular weight excluding hydrogens is 218 g/mol. The maximum Gasteiger partial charge on any atom is 0.265 e. The Labute approximate surface area is 100 Å². The van der Waals surface area contributed by atoms with E-state index in [0.29, 0.717) is 17.7 Å². The van der Waals surface area contributed by atoms with Crippen LogP contribution in [0.5, 0.6) is 0 Å². The number of hydrogen-bond acceptors (Lipinski definition) is 3. The molecule has 4 N–H and O–H groups in total. The Hall–Kier alpha value is -1.88. The van der Waals surface area contributed by atoms with Crippen LogP contribution in [0.15, 0.2) is 24.3 Å². The Bertz CT molecular complexity index is 404. The van der Waals surface area contributed by atoms with E-state index < -0.39 is 0 Å². The summed E-state index contributed by atoms with van der Waals surface area (Å²) in [5.74, 6) is 4.61. The Morgan fingerprint density at radius 3 is 2.76 bits per heavy atom. The number of carbonyl (C=O) groups is 2. The fourth-order valence-electron chi connectivity index (χ4n) is 1.38. The Kier molecular flexibility index (Phi) is 5.16. The standard InChI is InChI=1S/C12H17N3O2/c1-2-3-7-11(16)14-10-6-4-5-9(8-10)12(17)15-13/h4-6,8H,2-3,7,13H2,1H3,(H,14,16)(H,15,17). The summed E-state index contributed by atoms with van der Waals surface area (Å²) < 4.78 is 0. The highest BCUT2D eigenvalue weighted by Crippen LogP contribution is 2.11. The van der Waals surface area contributed by atoms with Crippen LogP contribution in [-0.4, -0.2) is 11.8 Å². The smallest absolute Gasteiger partial charge is 0.265 e. The lowest BCUT2D eigenvalue weighted by Gasteiger charge is -2.06. The zero-order valence-corrected chi connectivity index (χ0v) is 9.82. The van der Waals surface area contributed by atoms with Crippen molar-refractivity contribution in [3.8, 4) is 0 Å². The van der Waals surface area contributed by atoms with Crippen molar-refractivity contribution in [2.24, 2.45) is 5.84 Å². The predicted molar refractivity (Wildman–Crippen MR) is 66.3 cm³/mol. The average Bonchev–Trinajstić information content (AvgIpc) is 2.35. The fourth-order valence-corrected chi connectivity index (χ4v) is 1.38. The molecule has 1 aromatic rings. The molecule has 1 rings (SSSR count). The predicted octanol–water partition coefficient (Wildman–Crippen LogP) is 1.42. The Morgan fingerprint density at radius 1 is 1.35 bits per heavy atom. The number of amides is 2. The van der Waals surface area contributed by atoms with E-state index in [2.05, 4.69) is 5.32 Å². The van der Waals surface area contributed by atoms with Gasteiger partial charge in [0.05, 0.1) is 0 Å². The molecule has 0 aliphatic rings. The molecular formula is C12H17N3O2. The van der Waals surface area contributed by atoms with E-state index in [9.17, 15) is 9.59 Å². The third-order valence-corrected chi connectivity index (χ3v) is 2.30. The monoisotopic (exact) mass is 235 g/mol. The molecule has 0 atom stereocenters. The van der Waals surface area contributed by atoms with Crippen LogP contribution in [0.2, 0.25) is 0 Å². The largest absolute Gasteiger partial charge is 0.326 e. The Morgan fingerprint density at radius 2 is 2.12 bits per heavy atom. The van der Waals surface area contributed by atoms with E-state index in [4.69, 9.17) is 5.84 Å². The van der Waals surface area contributed by atoms with Crippen LogP contribution in [0.4, 0.5) is 5.69 Å². The van der Waals surface area contributed by atoms with Gasteiger partial charge in [-0.2, -0.15) is 0 Å². The van der Waals surface area contributed by atoms with E-state index >= 15 is 0 Å². The molecule has 0 aliphatic carbocycles. The number of carbonyl (C=O) groups excluding carboxylic acids is 2. The molecule has 0 aliphatic heterocycles. The summed E-state index contributed by atoms with van der Waals surface area (Å²) in [6.07, 6.45) is 2.32. The molecule has 5 nitrogen and oxygen atoms in total. The molecule has 0 saturated carbocycles. The topological polar surface area (TPSA) is 84.2 Å². The van der Waals surface area contributed by atoms with Crippen molar-refractivity contribution < 1.29 is 9.59 Å². The van der Waals surface area contributed by atoms with Gasteiger partial charge in [0.1, 0.15) is 0 Å². The van der Waals surface area contributed by atoms with E-state index in [-0.39, 0.29) is 11.8 Å². The summed E-state index contributed by atoms with van der Waals surface area (Å²) in [5.41, 5.74) is 3.07. The molecule has 0 bridgehead atoms. The molecule has 0 radical (unpaired) electrons. The highest BCUT2D eigenvalue weighted by Gasteiger charge is 2.06. The first-order valence-corrected chi connectivity index (χ1v) is 5.58. The van der Waals surface area contributed by atoms with Crippen molar-refractivity contribution in [3.05, 3.63) is 29.8 Å². The number of benzene rings is 1. The minimum Gasteiger partial charge on any atom is -0.326 e. The van der Waals surface area contributed by atoms with Gasteiger partial charge >= 0.3 is 0 Å². The normalized spacial score (nSPS) is 9.76. The molecule has 1 aromatic carbocycles. The lowest BCUT2D eigenvalue weighted by Crippen LogP contribution is -2.30. The number of unbranched alkanes of at least 4 members (excludes halogenated alkanes) is 1. The lowest BCUT2D eigenvalue weighted by molar-refractivity contribution is -0.116. The van der Waals surface area contributed by atoms with Gasteiger partial charge in [0.15, 0.2) is 0 Å². The summed E-state index contributed by atoms with van der Waals surface area (Å²) in [7, 11) is 0. The number of nitrogens with two attached hydrogens (primary N) is 1. The highest BCUT2D eigenvalue weighted by molar-refractivity contribution is 5.96. The number of hydrazine groups is 1. The molecule has 92 valence electrons. The van der Waals surface area contributed by atoms with Crippen molar-refractivity contribution in [2.45, 2.75) is 26.2 Å². The van der Waals surface area contributed by atoms with Crippen molar-refractivity contribution in [1.82, 2.24) is 5.43 Å². The van der Waals surface area contributed by atoms with E-state index in [1.807, 2.05) is 12.3 Å². The Balaban J connectivity index is 2.65. The van der Waals surface area contributed by atoms with Gasteiger partial charge in [-0.1, -0.05) is 19.4 Å².